The van der Waals surface area contributed by atoms with Crippen LogP contribution in [-0.4, -0.2) is 27.3 Å². The Morgan fingerprint density at radius 1 is 1.32 bits per heavy atom. The molecule has 19 heavy (non-hydrogen) atoms. The highest BCUT2D eigenvalue weighted by Gasteiger charge is 2.25. The van der Waals surface area contributed by atoms with E-state index in [1.807, 2.05) is 27.7 Å². The summed E-state index contributed by atoms with van der Waals surface area (Å²) in [5.41, 5.74) is 0. The van der Waals surface area contributed by atoms with E-state index < -0.39 is 6.10 Å². The molecule has 1 aromatic heterocycles. The second kappa shape index (κ2) is 6.65. The maximum absolute atomic E-state index is 11.9. The zero-order valence-corrected chi connectivity index (χ0v) is 12.2. The van der Waals surface area contributed by atoms with Crippen LogP contribution in [-0.2, 0) is 4.79 Å². The lowest BCUT2D eigenvalue weighted by atomic mass is 10.0. The SMILES string of the molecule is Cc1noc(C(NC(=O)CC(O)C(C)C)C(C)C)n1. The monoisotopic (exact) mass is 269 g/mol. The summed E-state index contributed by atoms with van der Waals surface area (Å²) in [6.07, 6.45) is -0.564. The van der Waals surface area contributed by atoms with Gasteiger partial charge in [0, 0.05) is 0 Å². The lowest BCUT2D eigenvalue weighted by Gasteiger charge is -2.20. The number of hydrogen-bond donors (Lipinski definition) is 2. The number of aliphatic hydroxyl groups is 1. The van der Waals surface area contributed by atoms with Crippen LogP contribution >= 0.6 is 0 Å². The van der Waals surface area contributed by atoms with Gasteiger partial charge in [-0.2, -0.15) is 4.98 Å². The van der Waals surface area contributed by atoms with E-state index in [-0.39, 0.29) is 30.2 Å². The molecule has 0 aromatic carbocycles. The van der Waals surface area contributed by atoms with Gasteiger partial charge in [0.1, 0.15) is 6.04 Å². The first-order valence-corrected chi connectivity index (χ1v) is 6.59. The number of carbonyl (C=O) groups is 1. The molecule has 2 atom stereocenters. The second-order valence-electron chi connectivity index (χ2n) is 5.48. The first-order chi connectivity index (χ1) is 8.81. The molecule has 0 radical (unpaired) electrons. The average molecular weight is 269 g/mol. The third kappa shape index (κ3) is 4.63. The number of nitrogens with zero attached hydrogens (tertiary/aromatic N) is 2. The summed E-state index contributed by atoms with van der Waals surface area (Å²) in [5.74, 6) is 0.904. The molecule has 0 fully saturated rings. The van der Waals surface area contributed by atoms with Crippen LogP contribution in [0.1, 0.15) is 51.9 Å². The molecule has 0 aliphatic heterocycles. The summed E-state index contributed by atoms with van der Waals surface area (Å²) < 4.78 is 5.10. The Bertz CT molecular complexity index is 415. The number of aromatic nitrogens is 2. The first-order valence-electron chi connectivity index (χ1n) is 6.59. The number of amides is 1. The van der Waals surface area contributed by atoms with Gasteiger partial charge in [0.2, 0.25) is 11.8 Å². The molecule has 0 saturated heterocycles. The first kappa shape index (κ1) is 15.6. The van der Waals surface area contributed by atoms with Crippen LogP contribution in [0.2, 0.25) is 0 Å². The molecule has 2 N–H and O–H groups in total. The van der Waals surface area contributed by atoms with Crippen molar-refractivity contribution in [3.63, 3.8) is 0 Å². The Morgan fingerprint density at radius 3 is 2.37 bits per heavy atom. The van der Waals surface area contributed by atoms with Gasteiger partial charge in [0.05, 0.1) is 12.5 Å². The normalized spacial score (nSPS) is 14.7. The minimum atomic E-state index is -0.641. The molecule has 0 aliphatic carbocycles. The fraction of sp³-hybridized carbons (Fsp3) is 0.769. The Labute approximate surface area is 113 Å². The van der Waals surface area contributed by atoms with Crippen molar-refractivity contribution >= 4 is 5.91 Å². The van der Waals surface area contributed by atoms with Crippen LogP contribution in [0.5, 0.6) is 0 Å². The van der Waals surface area contributed by atoms with Crippen molar-refractivity contribution in [2.45, 2.75) is 53.2 Å². The summed E-state index contributed by atoms with van der Waals surface area (Å²) >= 11 is 0. The van der Waals surface area contributed by atoms with Gasteiger partial charge < -0.3 is 14.9 Å². The number of nitrogens with one attached hydrogen (secondary N) is 1. The predicted molar refractivity (Wildman–Crippen MR) is 70.2 cm³/mol. The van der Waals surface area contributed by atoms with Crippen molar-refractivity contribution in [1.82, 2.24) is 15.5 Å². The number of rotatable bonds is 6. The van der Waals surface area contributed by atoms with Crippen LogP contribution < -0.4 is 5.32 Å². The number of aliphatic hydroxyl groups excluding tert-OH is 1. The molecule has 6 nitrogen and oxygen atoms in total. The Morgan fingerprint density at radius 2 is 1.95 bits per heavy atom. The van der Waals surface area contributed by atoms with Gasteiger partial charge in [0.25, 0.3) is 0 Å². The third-order valence-electron chi connectivity index (χ3n) is 2.96. The minimum absolute atomic E-state index is 0.0499. The Hall–Kier alpha value is -1.43. The molecule has 0 spiro atoms. The molecule has 0 saturated carbocycles. The molecule has 0 aliphatic rings. The van der Waals surface area contributed by atoms with Gasteiger partial charge in [-0.3, -0.25) is 4.79 Å². The van der Waals surface area contributed by atoms with Crippen LogP contribution in [0.3, 0.4) is 0 Å². The fourth-order valence-corrected chi connectivity index (χ4v) is 1.61. The maximum atomic E-state index is 11.9. The molecule has 1 rings (SSSR count). The number of hydrogen-bond acceptors (Lipinski definition) is 5. The molecule has 1 aromatic rings. The van der Waals surface area contributed by atoms with Crippen molar-refractivity contribution in [3.05, 3.63) is 11.7 Å². The van der Waals surface area contributed by atoms with Crippen molar-refractivity contribution < 1.29 is 14.4 Å². The lowest BCUT2D eigenvalue weighted by Crippen LogP contribution is -2.35. The zero-order valence-electron chi connectivity index (χ0n) is 12.2. The molecule has 1 amide bonds. The van der Waals surface area contributed by atoms with Gasteiger partial charge in [0.15, 0.2) is 5.82 Å². The van der Waals surface area contributed by atoms with Crippen LogP contribution in [0.4, 0.5) is 0 Å². The van der Waals surface area contributed by atoms with Crippen LogP contribution in [0, 0.1) is 18.8 Å². The van der Waals surface area contributed by atoms with Gasteiger partial charge in [-0.05, 0) is 18.8 Å². The lowest BCUT2D eigenvalue weighted by molar-refractivity contribution is -0.124. The highest BCUT2D eigenvalue weighted by atomic mass is 16.5. The fourth-order valence-electron chi connectivity index (χ4n) is 1.61. The van der Waals surface area contributed by atoms with E-state index in [2.05, 4.69) is 15.5 Å². The molecule has 108 valence electrons. The van der Waals surface area contributed by atoms with Crippen molar-refractivity contribution in [2.24, 2.45) is 11.8 Å². The molecule has 6 heteroatoms. The van der Waals surface area contributed by atoms with Crippen LogP contribution in [0.25, 0.3) is 0 Å². The summed E-state index contributed by atoms with van der Waals surface area (Å²) in [4.78, 5) is 16.0. The number of aryl methyl sites for hydroxylation is 1. The van der Waals surface area contributed by atoms with E-state index in [4.69, 9.17) is 4.52 Å². The smallest absolute Gasteiger partial charge is 0.249 e. The van der Waals surface area contributed by atoms with Crippen LogP contribution in [0.15, 0.2) is 4.52 Å². The predicted octanol–water partition coefficient (Wildman–Crippen LogP) is 1.60. The minimum Gasteiger partial charge on any atom is -0.392 e. The number of carbonyl (C=O) groups excluding carboxylic acids is 1. The summed E-state index contributed by atoms with van der Waals surface area (Å²) in [6.45, 7) is 9.40. The average Bonchev–Trinajstić information content (AvgIpc) is 2.71. The van der Waals surface area contributed by atoms with E-state index >= 15 is 0 Å². The maximum Gasteiger partial charge on any atom is 0.249 e. The van der Waals surface area contributed by atoms with Gasteiger partial charge in [-0.15, -0.1) is 0 Å². The molecular formula is C13H23N3O3. The summed E-state index contributed by atoms with van der Waals surface area (Å²) in [7, 11) is 0. The molecular weight excluding hydrogens is 246 g/mol. The summed E-state index contributed by atoms with van der Waals surface area (Å²) in [5, 5.41) is 16.3. The largest absolute Gasteiger partial charge is 0.392 e. The van der Waals surface area contributed by atoms with Crippen molar-refractivity contribution in [3.8, 4) is 0 Å². The van der Waals surface area contributed by atoms with E-state index in [0.29, 0.717) is 11.7 Å². The Kier molecular flexibility index (Phi) is 5.47. The van der Waals surface area contributed by atoms with Gasteiger partial charge >= 0.3 is 0 Å². The third-order valence-corrected chi connectivity index (χ3v) is 2.96. The molecule has 2 unspecified atom stereocenters. The highest BCUT2D eigenvalue weighted by molar-refractivity contribution is 5.76. The zero-order chi connectivity index (χ0) is 14.6. The van der Waals surface area contributed by atoms with Crippen molar-refractivity contribution in [1.29, 1.82) is 0 Å². The van der Waals surface area contributed by atoms with E-state index in [1.165, 1.54) is 0 Å². The summed E-state index contributed by atoms with van der Waals surface area (Å²) in [6, 6.07) is -0.326. The van der Waals surface area contributed by atoms with Gasteiger partial charge in [-0.25, -0.2) is 0 Å². The van der Waals surface area contributed by atoms with Gasteiger partial charge in [-0.1, -0.05) is 32.9 Å². The standard InChI is InChI=1S/C13H23N3O3/c1-7(2)10(17)6-11(18)15-12(8(3)4)13-14-9(5)16-19-13/h7-8,10,12,17H,6H2,1-5H3,(H,15,18). The second-order valence-corrected chi connectivity index (χ2v) is 5.48. The van der Waals surface area contributed by atoms with E-state index in [9.17, 15) is 9.90 Å². The molecule has 0 bridgehead atoms. The quantitative estimate of drug-likeness (QED) is 0.819. The van der Waals surface area contributed by atoms with Crippen molar-refractivity contribution in [2.75, 3.05) is 0 Å². The molecule has 1 heterocycles. The topological polar surface area (TPSA) is 88.2 Å². The highest BCUT2D eigenvalue weighted by Crippen LogP contribution is 2.20. The van der Waals surface area contributed by atoms with E-state index in [1.54, 1.807) is 6.92 Å². The van der Waals surface area contributed by atoms with E-state index in [0.717, 1.165) is 0 Å². The Balaban J connectivity index is 2.67.